The normalized spacial score (nSPS) is 20.9. The molecule has 0 heterocycles. The molecular formula is C11H23NO3S. The van der Waals surface area contributed by atoms with Crippen molar-refractivity contribution >= 4 is 10.1 Å². The highest BCUT2D eigenvalue weighted by Crippen LogP contribution is 2.27. The highest BCUT2D eigenvalue weighted by atomic mass is 32.2. The summed E-state index contributed by atoms with van der Waals surface area (Å²) in [5, 5.41) is 3.51. The Hall–Kier alpha value is -0.130. The molecular weight excluding hydrogens is 226 g/mol. The third-order valence-corrected chi connectivity index (χ3v) is 4.14. The highest BCUT2D eigenvalue weighted by Gasteiger charge is 2.25. The SMILES string of the molecule is CC1(NCCCCS(=O)(=O)O)CCCCC1. The molecule has 1 rings (SSSR count). The van der Waals surface area contributed by atoms with E-state index >= 15 is 0 Å². The van der Waals surface area contributed by atoms with Crippen molar-refractivity contribution in [2.75, 3.05) is 12.3 Å². The summed E-state index contributed by atoms with van der Waals surface area (Å²) in [7, 11) is -3.77. The number of nitrogens with one attached hydrogen (secondary N) is 1. The molecule has 0 saturated heterocycles. The number of unbranched alkanes of at least 4 members (excludes halogenated alkanes) is 1. The van der Waals surface area contributed by atoms with Gasteiger partial charge in [-0.3, -0.25) is 4.55 Å². The zero-order chi connectivity index (χ0) is 12.1. The molecule has 0 unspecified atom stereocenters. The minimum atomic E-state index is -3.77. The Morgan fingerprint density at radius 2 is 1.81 bits per heavy atom. The Morgan fingerprint density at radius 3 is 2.38 bits per heavy atom. The van der Waals surface area contributed by atoms with Gasteiger partial charge in [0.1, 0.15) is 0 Å². The van der Waals surface area contributed by atoms with Gasteiger partial charge in [-0.1, -0.05) is 19.3 Å². The average Bonchev–Trinajstić information content (AvgIpc) is 2.16. The van der Waals surface area contributed by atoms with E-state index in [9.17, 15) is 8.42 Å². The van der Waals surface area contributed by atoms with Gasteiger partial charge in [-0.05, 0) is 39.2 Å². The Morgan fingerprint density at radius 1 is 1.19 bits per heavy atom. The van der Waals surface area contributed by atoms with E-state index in [1.807, 2.05) is 0 Å². The lowest BCUT2D eigenvalue weighted by Gasteiger charge is -2.34. The zero-order valence-electron chi connectivity index (χ0n) is 10.0. The summed E-state index contributed by atoms with van der Waals surface area (Å²) in [6.07, 6.45) is 7.66. The van der Waals surface area contributed by atoms with E-state index in [0.717, 1.165) is 13.0 Å². The van der Waals surface area contributed by atoms with E-state index in [1.165, 1.54) is 32.1 Å². The molecule has 1 saturated carbocycles. The third-order valence-electron chi connectivity index (χ3n) is 3.34. The zero-order valence-corrected chi connectivity index (χ0v) is 10.9. The lowest BCUT2D eigenvalue weighted by molar-refractivity contribution is 0.254. The highest BCUT2D eigenvalue weighted by molar-refractivity contribution is 7.85. The van der Waals surface area contributed by atoms with Crippen LogP contribution in [0.15, 0.2) is 0 Å². The minimum absolute atomic E-state index is 0.120. The van der Waals surface area contributed by atoms with Crippen molar-refractivity contribution in [1.29, 1.82) is 0 Å². The van der Waals surface area contributed by atoms with Crippen LogP contribution < -0.4 is 5.32 Å². The quantitative estimate of drug-likeness (QED) is 0.558. The van der Waals surface area contributed by atoms with Crippen LogP contribution in [0.2, 0.25) is 0 Å². The van der Waals surface area contributed by atoms with Gasteiger partial charge in [0.15, 0.2) is 0 Å². The van der Waals surface area contributed by atoms with E-state index in [0.29, 0.717) is 6.42 Å². The first-order valence-corrected chi connectivity index (χ1v) is 7.72. The second kappa shape index (κ2) is 5.98. The molecule has 2 N–H and O–H groups in total. The average molecular weight is 249 g/mol. The second-order valence-electron chi connectivity index (χ2n) is 5.04. The van der Waals surface area contributed by atoms with Gasteiger partial charge in [0, 0.05) is 5.54 Å². The lowest BCUT2D eigenvalue weighted by Crippen LogP contribution is -2.44. The van der Waals surface area contributed by atoms with E-state index < -0.39 is 10.1 Å². The maximum atomic E-state index is 10.5. The van der Waals surface area contributed by atoms with Gasteiger partial charge in [-0.2, -0.15) is 8.42 Å². The molecule has 1 fully saturated rings. The molecule has 96 valence electrons. The van der Waals surface area contributed by atoms with Gasteiger partial charge in [0.2, 0.25) is 0 Å². The molecule has 0 aromatic heterocycles. The van der Waals surface area contributed by atoms with Gasteiger partial charge in [-0.15, -0.1) is 0 Å². The Kier molecular flexibility index (Phi) is 5.21. The molecule has 0 aromatic carbocycles. The Labute approximate surface area is 98.6 Å². The monoisotopic (exact) mass is 249 g/mol. The molecule has 0 radical (unpaired) electrons. The molecule has 0 atom stereocenters. The first-order valence-electron chi connectivity index (χ1n) is 6.12. The molecule has 0 bridgehead atoms. The number of hydrogen-bond acceptors (Lipinski definition) is 3. The van der Waals surface area contributed by atoms with Crippen LogP contribution in [0.25, 0.3) is 0 Å². The number of hydrogen-bond donors (Lipinski definition) is 2. The van der Waals surface area contributed by atoms with Crippen LogP contribution in [-0.2, 0) is 10.1 Å². The molecule has 0 aliphatic heterocycles. The van der Waals surface area contributed by atoms with Gasteiger partial charge in [0.05, 0.1) is 5.75 Å². The van der Waals surface area contributed by atoms with Gasteiger partial charge < -0.3 is 5.32 Å². The first-order chi connectivity index (χ1) is 7.41. The van der Waals surface area contributed by atoms with Gasteiger partial charge in [0.25, 0.3) is 10.1 Å². The van der Waals surface area contributed by atoms with Crippen LogP contribution in [-0.4, -0.2) is 30.8 Å². The van der Waals surface area contributed by atoms with E-state index in [4.69, 9.17) is 4.55 Å². The van der Waals surface area contributed by atoms with E-state index in [2.05, 4.69) is 12.2 Å². The molecule has 5 heteroatoms. The fourth-order valence-electron chi connectivity index (χ4n) is 2.31. The number of rotatable bonds is 6. The van der Waals surface area contributed by atoms with Crippen LogP contribution in [0.1, 0.15) is 51.9 Å². The Balaban J connectivity index is 2.10. The fourth-order valence-corrected chi connectivity index (χ4v) is 2.88. The summed E-state index contributed by atoms with van der Waals surface area (Å²) < 4.78 is 29.6. The predicted molar refractivity (Wildman–Crippen MR) is 65.1 cm³/mol. The molecule has 0 aromatic rings. The predicted octanol–water partition coefficient (Wildman–Crippen LogP) is 1.97. The van der Waals surface area contributed by atoms with E-state index in [1.54, 1.807) is 0 Å². The minimum Gasteiger partial charge on any atom is -0.312 e. The molecule has 4 nitrogen and oxygen atoms in total. The summed E-state index contributed by atoms with van der Waals surface area (Å²) in [6.45, 7) is 3.08. The Bertz CT molecular complexity index is 294. The molecule has 1 aliphatic rings. The summed E-state index contributed by atoms with van der Waals surface area (Å²) >= 11 is 0. The van der Waals surface area contributed by atoms with Crippen molar-refractivity contribution in [1.82, 2.24) is 5.32 Å². The largest absolute Gasteiger partial charge is 0.312 e. The summed E-state index contributed by atoms with van der Waals surface area (Å²) in [4.78, 5) is 0. The van der Waals surface area contributed by atoms with Crippen LogP contribution >= 0.6 is 0 Å². The first kappa shape index (κ1) is 13.9. The lowest BCUT2D eigenvalue weighted by atomic mass is 9.83. The van der Waals surface area contributed by atoms with Gasteiger partial charge >= 0.3 is 0 Å². The smallest absolute Gasteiger partial charge is 0.264 e. The van der Waals surface area contributed by atoms with Gasteiger partial charge in [-0.25, -0.2) is 0 Å². The van der Waals surface area contributed by atoms with Crippen molar-refractivity contribution in [3.8, 4) is 0 Å². The molecule has 0 spiro atoms. The van der Waals surface area contributed by atoms with Crippen molar-refractivity contribution in [2.24, 2.45) is 0 Å². The maximum absolute atomic E-state index is 10.5. The van der Waals surface area contributed by atoms with E-state index in [-0.39, 0.29) is 11.3 Å². The van der Waals surface area contributed by atoms with Crippen molar-refractivity contribution in [3.05, 3.63) is 0 Å². The second-order valence-corrected chi connectivity index (χ2v) is 6.61. The van der Waals surface area contributed by atoms with Crippen LogP contribution in [0.3, 0.4) is 0 Å². The van der Waals surface area contributed by atoms with Crippen LogP contribution in [0.4, 0.5) is 0 Å². The fraction of sp³-hybridized carbons (Fsp3) is 1.00. The standard InChI is InChI=1S/C11H23NO3S/c1-11(7-3-2-4-8-11)12-9-5-6-10-16(13,14)15/h12H,2-10H2,1H3,(H,13,14,15). The van der Waals surface area contributed by atoms with Crippen molar-refractivity contribution < 1.29 is 13.0 Å². The summed E-state index contributed by atoms with van der Waals surface area (Å²) in [5.41, 5.74) is 0.246. The summed E-state index contributed by atoms with van der Waals surface area (Å²) in [6, 6.07) is 0. The molecule has 16 heavy (non-hydrogen) atoms. The topological polar surface area (TPSA) is 66.4 Å². The van der Waals surface area contributed by atoms with Crippen LogP contribution in [0, 0.1) is 0 Å². The maximum Gasteiger partial charge on any atom is 0.264 e. The van der Waals surface area contributed by atoms with Crippen LogP contribution in [0.5, 0.6) is 0 Å². The van der Waals surface area contributed by atoms with Crippen molar-refractivity contribution in [3.63, 3.8) is 0 Å². The third kappa shape index (κ3) is 5.82. The molecule has 1 aliphatic carbocycles. The summed E-state index contributed by atoms with van der Waals surface area (Å²) in [5.74, 6) is -0.120. The van der Waals surface area contributed by atoms with Crippen molar-refractivity contribution in [2.45, 2.75) is 57.4 Å². The molecule has 0 amide bonds.